The summed E-state index contributed by atoms with van der Waals surface area (Å²) in [7, 11) is 9.87. The van der Waals surface area contributed by atoms with Crippen LogP contribution in [0.25, 0.3) is 49.4 Å². The zero-order valence-electron chi connectivity index (χ0n) is 20.5. The Balaban J connectivity index is 0.000000140. The van der Waals surface area contributed by atoms with Crippen molar-refractivity contribution in [3.63, 3.8) is 0 Å². The molecule has 1 nitrogen and oxygen atoms in total. The second kappa shape index (κ2) is 11.4. The fraction of sp³-hybridized carbons (Fsp3) is 0.0294. The predicted octanol–water partition coefficient (Wildman–Crippen LogP) is 10.1. The smallest absolute Gasteiger partial charge is 0.0443 e. The molecule has 1 aliphatic rings. The molecule has 182 valence electrons. The molecule has 0 fully saturated rings. The van der Waals surface area contributed by atoms with Gasteiger partial charge >= 0.3 is 37.9 Å². The predicted molar refractivity (Wildman–Crippen MR) is 159 cm³/mol. The quantitative estimate of drug-likeness (QED) is 0.164. The van der Waals surface area contributed by atoms with Gasteiger partial charge in [-0.2, -0.15) is 29.8 Å². The average Bonchev–Trinajstić information content (AvgIpc) is 3.63. The first-order valence-corrected chi connectivity index (χ1v) is 18.8. The van der Waals surface area contributed by atoms with Crippen molar-refractivity contribution in [1.82, 2.24) is 4.57 Å². The Morgan fingerprint density at radius 3 is 2.18 bits per heavy atom. The second-order valence-electron chi connectivity index (χ2n) is 9.15. The maximum Gasteiger partial charge on any atom is 0.0443 e. The molecule has 1 aromatic heterocycles. The number of fused-ring (bicyclic) bond motifs is 8. The van der Waals surface area contributed by atoms with E-state index in [-0.39, 0.29) is 0 Å². The summed E-state index contributed by atoms with van der Waals surface area (Å²) in [6.07, 6.45) is 1.05. The van der Waals surface area contributed by atoms with Gasteiger partial charge in [-0.05, 0) is 35.5 Å². The Morgan fingerprint density at radius 2 is 1.34 bits per heavy atom. The van der Waals surface area contributed by atoms with Crippen LogP contribution in [0, 0.1) is 6.07 Å². The Kier molecular flexibility index (Phi) is 7.56. The zero-order chi connectivity index (χ0) is 25.9. The molecule has 7 aromatic rings. The first kappa shape index (κ1) is 25.3. The fourth-order valence-corrected chi connectivity index (χ4v) is 5.53. The number of hydrogen-bond acceptors (Lipinski definition) is 0. The van der Waals surface area contributed by atoms with Crippen LogP contribution in [0.2, 0.25) is 0 Å². The molecule has 0 saturated heterocycles. The van der Waals surface area contributed by atoms with E-state index in [1.54, 1.807) is 0 Å². The van der Waals surface area contributed by atoms with Gasteiger partial charge in [-0.1, -0.05) is 83.2 Å². The Bertz CT molecular complexity index is 1810. The van der Waals surface area contributed by atoms with E-state index in [0.29, 0.717) is 0 Å². The van der Waals surface area contributed by atoms with E-state index in [4.69, 9.17) is 17.0 Å². The summed E-state index contributed by atoms with van der Waals surface area (Å²) in [5.41, 5.74) is 9.28. The van der Waals surface area contributed by atoms with Crippen LogP contribution in [0.3, 0.4) is 0 Å². The molecule has 1 heterocycles. The van der Waals surface area contributed by atoms with Crippen LogP contribution in [0.5, 0.6) is 0 Å². The minimum atomic E-state index is -0.826. The summed E-state index contributed by atoms with van der Waals surface area (Å²) in [4.78, 5) is 0. The van der Waals surface area contributed by atoms with Crippen molar-refractivity contribution in [3.8, 4) is 16.8 Å². The summed E-state index contributed by atoms with van der Waals surface area (Å²) in [5, 5.41) is 5.32. The zero-order valence-corrected chi connectivity index (χ0v) is 24.5. The van der Waals surface area contributed by atoms with Crippen LogP contribution < -0.4 is 0 Å². The van der Waals surface area contributed by atoms with E-state index in [9.17, 15) is 0 Å². The van der Waals surface area contributed by atoms with Crippen LogP contribution in [-0.2, 0) is 27.3 Å². The first-order chi connectivity index (χ1) is 18.8. The van der Waals surface area contributed by atoms with Gasteiger partial charge < -0.3 is 4.57 Å². The normalized spacial score (nSPS) is 11.2. The maximum absolute atomic E-state index is 4.93. The number of benzene rings is 5. The van der Waals surface area contributed by atoms with Gasteiger partial charge in [-0.15, -0.1) is 40.6 Å². The third kappa shape index (κ3) is 4.67. The number of rotatable bonds is 1. The number of para-hydroxylation sites is 2. The molecule has 0 saturated carbocycles. The third-order valence-corrected chi connectivity index (χ3v) is 7.06. The van der Waals surface area contributed by atoms with E-state index in [2.05, 4.69) is 132 Å². The van der Waals surface area contributed by atoms with Crippen LogP contribution in [0.1, 0.15) is 11.1 Å². The molecule has 0 unspecified atom stereocenters. The van der Waals surface area contributed by atoms with Crippen molar-refractivity contribution >= 4 is 49.6 Å². The fourth-order valence-electron chi connectivity index (χ4n) is 5.53. The van der Waals surface area contributed by atoms with Gasteiger partial charge in [0.25, 0.3) is 0 Å². The minimum absolute atomic E-state index is 0.826. The molecule has 0 N–H and O–H groups in total. The molecular formula is C34H23Cl2NZr. The number of aromatic nitrogens is 1. The molecule has 1 aliphatic carbocycles. The van der Waals surface area contributed by atoms with Gasteiger partial charge in [-0.3, -0.25) is 0 Å². The molecule has 0 aliphatic heterocycles. The third-order valence-electron chi connectivity index (χ3n) is 7.06. The number of nitrogens with zero attached hydrogens (tertiary/aromatic N) is 1. The number of halogens is 2. The molecule has 8 rings (SSSR count). The van der Waals surface area contributed by atoms with E-state index < -0.39 is 20.8 Å². The van der Waals surface area contributed by atoms with Gasteiger partial charge in [0.15, 0.2) is 0 Å². The summed E-state index contributed by atoms with van der Waals surface area (Å²) >= 11 is -0.826. The first-order valence-electron chi connectivity index (χ1n) is 12.5. The van der Waals surface area contributed by atoms with Crippen LogP contribution in [-0.4, -0.2) is 4.57 Å². The molecule has 38 heavy (non-hydrogen) atoms. The van der Waals surface area contributed by atoms with E-state index in [1.165, 1.54) is 60.5 Å². The summed E-state index contributed by atoms with van der Waals surface area (Å²) in [6.45, 7) is 0. The largest absolute Gasteiger partial charge is 0.328 e. The van der Waals surface area contributed by atoms with Crippen LogP contribution in [0.15, 0.2) is 127 Å². The molecule has 0 radical (unpaired) electrons. The van der Waals surface area contributed by atoms with Crippen molar-refractivity contribution < 1.29 is 20.8 Å². The average molecular weight is 608 g/mol. The van der Waals surface area contributed by atoms with Gasteiger partial charge in [-0.25, -0.2) is 0 Å². The van der Waals surface area contributed by atoms with Crippen molar-refractivity contribution in [3.05, 3.63) is 145 Å². The standard InChI is InChI=1S/C21H14N.C13H9.2ClH.Zr/c1-2-9-16(10-3-1)22-19-13-7-6-12-18(19)21-17-11-5-4-8-15(17)14-20(21)22;1-3-7-12-10(5-1)9-11-6-2-4-8-13(11)12;;;/h1-14H;1-5,7-8H,9H2;2*1H;/q2*-1;;;+4/p-2. The molecule has 4 heteroatoms. The van der Waals surface area contributed by atoms with Crippen molar-refractivity contribution in [2.75, 3.05) is 0 Å². The Hall–Kier alpha value is -3.03. The Labute approximate surface area is 241 Å². The molecule has 6 aromatic carbocycles. The molecular weight excluding hydrogens is 585 g/mol. The van der Waals surface area contributed by atoms with Crippen molar-refractivity contribution in [2.24, 2.45) is 0 Å². The topological polar surface area (TPSA) is 4.93 Å². The van der Waals surface area contributed by atoms with E-state index >= 15 is 0 Å². The minimum Gasteiger partial charge on any atom is -0.328 e. The van der Waals surface area contributed by atoms with Crippen LogP contribution >= 0.6 is 17.0 Å². The second-order valence-corrected chi connectivity index (χ2v) is 12.9. The Morgan fingerprint density at radius 1 is 0.684 bits per heavy atom. The molecule has 0 amide bonds. The molecule has 0 bridgehead atoms. The van der Waals surface area contributed by atoms with Gasteiger partial charge in [0, 0.05) is 11.2 Å². The van der Waals surface area contributed by atoms with Gasteiger partial charge in [0.05, 0.1) is 0 Å². The van der Waals surface area contributed by atoms with E-state index in [0.717, 1.165) is 6.42 Å². The monoisotopic (exact) mass is 605 g/mol. The van der Waals surface area contributed by atoms with Crippen molar-refractivity contribution in [2.45, 2.75) is 6.42 Å². The summed E-state index contributed by atoms with van der Waals surface area (Å²) in [5.74, 6) is 0. The summed E-state index contributed by atoms with van der Waals surface area (Å²) < 4.78 is 2.37. The molecule has 0 spiro atoms. The van der Waals surface area contributed by atoms with E-state index in [1.807, 2.05) is 6.07 Å². The van der Waals surface area contributed by atoms with Crippen molar-refractivity contribution in [1.29, 1.82) is 0 Å². The van der Waals surface area contributed by atoms with Crippen LogP contribution in [0.4, 0.5) is 0 Å². The maximum atomic E-state index is 4.93. The van der Waals surface area contributed by atoms with Gasteiger partial charge in [0.1, 0.15) is 0 Å². The van der Waals surface area contributed by atoms with Gasteiger partial charge in [0.2, 0.25) is 0 Å². The molecule has 0 atom stereocenters. The summed E-state index contributed by atoms with van der Waals surface area (Å²) in [6, 6.07) is 48.3. The number of hydrogen-bond donors (Lipinski definition) is 0. The SMILES string of the molecule is [Cl][Zr+2][Cl].[c-]1cccc2c1Cc1ccccc1-2.c1ccc(-n2c3ccccc3c3c4ccccc4[cH-]c32)cc1.